The number of rotatable bonds is 11. The molecule has 0 aliphatic heterocycles. The highest BCUT2D eigenvalue weighted by Crippen LogP contribution is 2.31. The fourth-order valence-electron chi connectivity index (χ4n) is 2.79. The minimum Gasteiger partial charge on any atom is -0.493 e. The predicted octanol–water partition coefficient (Wildman–Crippen LogP) is 6.02. The maximum atomic E-state index is 12.6. The van der Waals surface area contributed by atoms with E-state index in [2.05, 4.69) is 13.2 Å². The van der Waals surface area contributed by atoms with E-state index in [9.17, 15) is 4.79 Å². The Morgan fingerprint density at radius 1 is 1.03 bits per heavy atom. The van der Waals surface area contributed by atoms with Crippen molar-refractivity contribution in [1.82, 2.24) is 0 Å². The fraction of sp³-hybridized carbons (Fsp3) is 0.240. The Kier molecular flexibility index (Phi) is 8.28. The first-order chi connectivity index (χ1) is 14.0. The molecule has 0 aliphatic carbocycles. The van der Waals surface area contributed by atoms with Crippen molar-refractivity contribution in [2.75, 3.05) is 13.2 Å². The maximum Gasteiger partial charge on any atom is 0.185 e. The summed E-state index contributed by atoms with van der Waals surface area (Å²) < 4.78 is 16.9. The number of ketones is 1. The highest BCUT2D eigenvalue weighted by molar-refractivity contribution is 6.07. The van der Waals surface area contributed by atoms with Gasteiger partial charge in [-0.05, 0) is 75.2 Å². The van der Waals surface area contributed by atoms with Crippen molar-refractivity contribution in [3.05, 3.63) is 84.2 Å². The molecule has 2 aromatic carbocycles. The summed E-state index contributed by atoms with van der Waals surface area (Å²) in [7, 11) is 0. The average Bonchev–Trinajstić information content (AvgIpc) is 2.69. The van der Waals surface area contributed by atoms with Crippen LogP contribution in [0, 0.1) is 0 Å². The monoisotopic (exact) mass is 392 g/mol. The molecule has 0 N–H and O–H groups in total. The lowest BCUT2D eigenvalue weighted by molar-refractivity contribution is 0.104. The minimum absolute atomic E-state index is 0.103. The molecule has 4 nitrogen and oxygen atoms in total. The van der Waals surface area contributed by atoms with Crippen LogP contribution in [0.15, 0.2) is 67.5 Å². The smallest absolute Gasteiger partial charge is 0.185 e. The molecule has 152 valence electrons. The van der Waals surface area contributed by atoms with Crippen LogP contribution >= 0.6 is 0 Å². The zero-order valence-corrected chi connectivity index (χ0v) is 17.4. The highest BCUT2D eigenvalue weighted by Gasteiger charge is 2.11. The summed E-state index contributed by atoms with van der Waals surface area (Å²) in [5.41, 5.74) is 2.40. The summed E-state index contributed by atoms with van der Waals surface area (Å²) in [5.74, 6) is 2.59. The molecule has 2 aromatic rings. The van der Waals surface area contributed by atoms with Crippen LogP contribution in [-0.2, 0) is 6.42 Å². The van der Waals surface area contributed by atoms with Gasteiger partial charge in [0.05, 0.1) is 19.0 Å². The molecule has 0 heterocycles. The van der Waals surface area contributed by atoms with Gasteiger partial charge in [0.2, 0.25) is 0 Å². The van der Waals surface area contributed by atoms with Gasteiger partial charge in [-0.1, -0.05) is 12.7 Å². The number of carbonyl (C=O) groups excluding carboxylic acids is 1. The van der Waals surface area contributed by atoms with Crippen molar-refractivity contribution in [2.24, 2.45) is 0 Å². The van der Waals surface area contributed by atoms with E-state index in [0.29, 0.717) is 42.5 Å². The molecule has 0 amide bonds. The molecule has 0 saturated heterocycles. The summed E-state index contributed by atoms with van der Waals surface area (Å²) in [6, 6.07) is 10.8. The van der Waals surface area contributed by atoms with Crippen molar-refractivity contribution in [3.63, 3.8) is 0 Å². The number of hydrogen-bond acceptors (Lipinski definition) is 4. The van der Waals surface area contributed by atoms with E-state index in [4.69, 9.17) is 14.2 Å². The van der Waals surface area contributed by atoms with E-state index in [-0.39, 0.29) is 5.78 Å². The average molecular weight is 392 g/mol. The molecule has 4 heteroatoms. The van der Waals surface area contributed by atoms with Gasteiger partial charge >= 0.3 is 0 Å². The highest BCUT2D eigenvalue weighted by atomic mass is 16.5. The first-order valence-corrected chi connectivity index (χ1v) is 9.67. The summed E-state index contributed by atoms with van der Waals surface area (Å²) in [5, 5.41) is 0. The quantitative estimate of drug-likeness (QED) is 0.203. The van der Waals surface area contributed by atoms with Gasteiger partial charge in [-0.15, -0.1) is 6.58 Å². The lowest BCUT2D eigenvalue weighted by Crippen LogP contribution is -2.01. The Balaban J connectivity index is 2.29. The second-order valence-electron chi connectivity index (χ2n) is 6.38. The second kappa shape index (κ2) is 10.9. The van der Waals surface area contributed by atoms with Gasteiger partial charge in [-0.25, -0.2) is 0 Å². The van der Waals surface area contributed by atoms with E-state index in [1.807, 2.05) is 32.1 Å². The van der Waals surface area contributed by atoms with E-state index in [1.165, 1.54) is 0 Å². The van der Waals surface area contributed by atoms with Crippen molar-refractivity contribution in [2.45, 2.75) is 27.2 Å². The number of carbonyl (C=O) groups is 1. The first-order valence-electron chi connectivity index (χ1n) is 9.67. The Morgan fingerprint density at radius 2 is 1.69 bits per heavy atom. The maximum absolute atomic E-state index is 12.6. The predicted molar refractivity (Wildman–Crippen MR) is 118 cm³/mol. The first kappa shape index (κ1) is 22.0. The molecule has 0 unspecified atom stereocenters. The summed E-state index contributed by atoms with van der Waals surface area (Å²) >= 11 is 0. The van der Waals surface area contributed by atoms with Crippen LogP contribution in [0.1, 0.15) is 42.3 Å². The molecule has 0 radical (unpaired) electrons. The van der Waals surface area contributed by atoms with Crippen molar-refractivity contribution >= 4 is 11.9 Å². The van der Waals surface area contributed by atoms with Crippen LogP contribution in [0.4, 0.5) is 0 Å². The van der Waals surface area contributed by atoms with Gasteiger partial charge in [0, 0.05) is 17.2 Å². The van der Waals surface area contributed by atoms with E-state index in [1.54, 1.807) is 43.3 Å². The SMILES string of the molecule is C=CCc1cc(/C=C/C(=O)c2ccc(OC(=C)C)cc2)c(OCC)cc1OCC. The zero-order chi connectivity index (χ0) is 21.2. The molecule has 0 spiro atoms. The van der Waals surface area contributed by atoms with Gasteiger partial charge in [0.15, 0.2) is 5.78 Å². The molecule has 0 atom stereocenters. The molecular formula is C25H28O4. The van der Waals surface area contributed by atoms with Crippen molar-refractivity contribution in [1.29, 1.82) is 0 Å². The van der Waals surface area contributed by atoms with Gasteiger partial charge in [0.25, 0.3) is 0 Å². The number of benzene rings is 2. The van der Waals surface area contributed by atoms with Crippen LogP contribution < -0.4 is 14.2 Å². The van der Waals surface area contributed by atoms with Crippen molar-refractivity contribution < 1.29 is 19.0 Å². The third-order valence-corrected chi connectivity index (χ3v) is 4.00. The Hall–Kier alpha value is -3.27. The largest absolute Gasteiger partial charge is 0.493 e. The molecule has 29 heavy (non-hydrogen) atoms. The molecule has 0 aliphatic rings. The van der Waals surface area contributed by atoms with Crippen molar-refractivity contribution in [3.8, 4) is 17.2 Å². The van der Waals surface area contributed by atoms with E-state index < -0.39 is 0 Å². The minimum atomic E-state index is -0.103. The number of allylic oxidation sites excluding steroid dienone is 3. The lowest BCUT2D eigenvalue weighted by atomic mass is 10.0. The van der Waals surface area contributed by atoms with E-state index in [0.717, 1.165) is 16.9 Å². The molecule has 0 saturated carbocycles. The third kappa shape index (κ3) is 6.39. The fourth-order valence-corrected chi connectivity index (χ4v) is 2.79. The summed E-state index contributed by atoms with van der Waals surface area (Å²) in [6.07, 6.45) is 5.81. The van der Waals surface area contributed by atoms with Crippen LogP contribution in [0.2, 0.25) is 0 Å². The standard InChI is InChI=1S/C25H28O4/c1-6-9-20-16-21(25(28-8-3)17-24(20)27-7-2)12-15-23(26)19-10-13-22(14-11-19)29-18(4)5/h6,10-17H,1,4,7-9H2,2-3,5H3/b15-12+. The Labute approximate surface area is 173 Å². The molecular weight excluding hydrogens is 364 g/mol. The van der Waals surface area contributed by atoms with Crippen LogP contribution in [0.3, 0.4) is 0 Å². The molecule has 2 rings (SSSR count). The van der Waals surface area contributed by atoms with E-state index >= 15 is 0 Å². The number of hydrogen-bond donors (Lipinski definition) is 0. The van der Waals surface area contributed by atoms with Crippen LogP contribution in [0.5, 0.6) is 17.2 Å². The Bertz CT molecular complexity index is 892. The Morgan fingerprint density at radius 3 is 2.28 bits per heavy atom. The molecule has 0 fully saturated rings. The molecule has 0 aromatic heterocycles. The normalized spacial score (nSPS) is 10.6. The zero-order valence-electron chi connectivity index (χ0n) is 17.4. The van der Waals surface area contributed by atoms with Gasteiger partial charge in [0.1, 0.15) is 17.2 Å². The van der Waals surface area contributed by atoms with Crippen LogP contribution in [-0.4, -0.2) is 19.0 Å². The van der Waals surface area contributed by atoms with Gasteiger partial charge in [-0.3, -0.25) is 4.79 Å². The van der Waals surface area contributed by atoms with Gasteiger partial charge < -0.3 is 14.2 Å². The number of ether oxygens (including phenoxy) is 3. The molecule has 0 bridgehead atoms. The second-order valence-corrected chi connectivity index (χ2v) is 6.38. The summed E-state index contributed by atoms with van der Waals surface area (Å²) in [4.78, 5) is 12.6. The lowest BCUT2D eigenvalue weighted by Gasteiger charge is -2.14. The van der Waals surface area contributed by atoms with Crippen LogP contribution in [0.25, 0.3) is 6.08 Å². The third-order valence-electron chi connectivity index (χ3n) is 4.00. The topological polar surface area (TPSA) is 44.8 Å². The summed E-state index contributed by atoms with van der Waals surface area (Å²) in [6.45, 7) is 14.2. The van der Waals surface area contributed by atoms with Gasteiger partial charge in [-0.2, -0.15) is 0 Å².